The van der Waals surface area contributed by atoms with Gasteiger partial charge in [0.1, 0.15) is 17.6 Å². The molecular weight excluding hydrogens is 421 g/mol. The van der Waals surface area contributed by atoms with Gasteiger partial charge in [0.2, 0.25) is 0 Å². The highest BCUT2D eigenvalue weighted by atomic mass is 127. The van der Waals surface area contributed by atoms with Gasteiger partial charge in [0, 0.05) is 51.4 Å². The molecule has 1 heterocycles. The van der Waals surface area contributed by atoms with E-state index in [1.54, 1.807) is 21.3 Å². The SMILES string of the molecule is CN=C(NCCCOC)NCc1cc2c(cc1OC)CC(C)O2.I. The molecule has 0 aliphatic carbocycles. The molecule has 2 N–H and O–H groups in total. The maximum Gasteiger partial charge on any atom is 0.191 e. The van der Waals surface area contributed by atoms with Gasteiger partial charge >= 0.3 is 0 Å². The van der Waals surface area contributed by atoms with Gasteiger partial charge < -0.3 is 24.8 Å². The summed E-state index contributed by atoms with van der Waals surface area (Å²) in [6, 6.07) is 4.13. The van der Waals surface area contributed by atoms with E-state index in [4.69, 9.17) is 14.2 Å². The van der Waals surface area contributed by atoms with Crippen LogP contribution in [0, 0.1) is 0 Å². The van der Waals surface area contributed by atoms with Crippen LogP contribution in [0.3, 0.4) is 0 Å². The Bertz CT molecular complexity index is 552. The van der Waals surface area contributed by atoms with Crippen LogP contribution in [-0.4, -0.2) is 46.5 Å². The molecule has 1 atom stereocenters. The molecular formula is C17H28IN3O3. The number of benzene rings is 1. The molecule has 7 heteroatoms. The van der Waals surface area contributed by atoms with Gasteiger partial charge in [-0.05, 0) is 25.5 Å². The third-order valence-electron chi connectivity index (χ3n) is 3.79. The van der Waals surface area contributed by atoms with E-state index in [9.17, 15) is 0 Å². The summed E-state index contributed by atoms with van der Waals surface area (Å²) in [5.41, 5.74) is 2.26. The number of methoxy groups -OCH3 is 2. The van der Waals surface area contributed by atoms with Crippen LogP contribution >= 0.6 is 24.0 Å². The van der Waals surface area contributed by atoms with Crippen molar-refractivity contribution in [3.63, 3.8) is 0 Å². The molecule has 1 aromatic rings. The molecule has 0 saturated carbocycles. The quantitative estimate of drug-likeness (QED) is 0.290. The van der Waals surface area contributed by atoms with Crippen molar-refractivity contribution < 1.29 is 14.2 Å². The molecule has 0 bridgehead atoms. The summed E-state index contributed by atoms with van der Waals surface area (Å²) in [5, 5.41) is 6.56. The van der Waals surface area contributed by atoms with E-state index >= 15 is 0 Å². The summed E-state index contributed by atoms with van der Waals surface area (Å²) >= 11 is 0. The van der Waals surface area contributed by atoms with Crippen molar-refractivity contribution in [1.29, 1.82) is 0 Å². The second-order valence-electron chi connectivity index (χ2n) is 5.60. The van der Waals surface area contributed by atoms with Crippen LogP contribution in [0.5, 0.6) is 11.5 Å². The molecule has 0 fully saturated rings. The Morgan fingerprint density at radius 3 is 2.79 bits per heavy atom. The number of hydrogen-bond donors (Lipinski definition) is 2. The van der Waals surface area contributed by atoms with Crippen LogP contribution < -0.4 is 20.1 Å². The topological polar surface area (TPSA) is 64.1 Å². The molecule has 0 amide bonds. The number of ether oxygens (including phenoxy) is 3. The number of nitrogens with one attached hydrogen (secondary N) is 2. The Morgan fingerprint density at radius 2 is 2.12 bits per heavy atom. The third kappa shape index (κ3) is 5.70. The number of guanidine groups is 1. The van der Waals surface area contributed by atoms with E-state index in [0.29, 0.717) is 6.54 Å². The summed E-state index contributed by atoms with van der Waals surface area (Å²) in [6.07, 6.45) is 2.10. The predicted molar refractivity (Wildman–Crippen MR) is 107 cm³/mol. The van der Waals surface area contributed by atoms with E-state index in [0.717, 1.165) is 49.0 Å². The van der Waals surface area contributed by atoms with Crippen LogP contribution in [0.25, 0.3) is 0 Å². The zero-order valence-electron chi connectivity index (χ0n) is 14.8. The van der Waals surface area contributed by atoms with Gasteiger partial charge in [0.05, 0.1) is 7.11 Å². The summed E-state index contributed by atoms with van der Waals surface area (Å²) in [4.78, 5) is 4.22. The average Bonchev–Trinajstić information content (AvgIpc) is 2.92. The van der Waals surface area contributed by atoms with Crippen LogP contribution in [0.2, 0.25) is 0 Å². The standard InChI is InChI=1S/C17H27N3O3.HI/c1-12-8-13-9-15(22-4)14(10-16(13)23-12)11-20-17(18-2)19-6-5-7-21-3;/h9-10,12H,5-8,11H2,1-4H3,(H2,18,19,20);1H. The lowest BCUT2D eigenvalue weighted by Gasteiger charge is -2.15. The van der Waals surface area contributed by atoms with Crippen molar-refractivity contribution in [3.8, 4) is 11.5 Å². The van der Waals surface area contributed by atoms with Gasteiger partial charge in [-0.15, -0.1) is 24.0 Å². The zero-order chi connectivity index (χ0) is 16.7. The Morgan fingerprint density at radius 1 is 1.33 bits per heavy atom. The monoisotopic (exact) mass is 449 g/mol. The van der Waals surface area contributed by atoms with Crippen molar-refractivity contribution >= 4 is 29.9 Å². The highest BCUT2D eigenvalue weighted by Crippen LogP contribution is 2.34. The first-order valence-corrected chi connectivity index (χ1v) is 7.97. The minimum absolute atomic E-state index is 0. The van der Waals surface area contributed by atoms with E-state index in [1.807, 2.05) is 0 Å². The predicted octanol–water partition coefficient (Wildman–Crippen LogP) is 2.34. The first-order valence-electron chi connectivity index (χ1n) is 7.97. The van der Waals surface area contributed by atoms with E-state index in [1.165, 1.54) is 5.56 Å². The van der Waals surface area contributed by atoms with Crippen molar-refractivity contribution in [2.45, 2.75) is 32.4 Å². The second-order valence-corrected chi connectivity index (χ2v) is 5.60. The fourth-order valence-electron chi connectivity index (χ4n) is 2.63. The second kappa shape index (κ2) is 10.6. The fourth-order valence-corrected chi connectivity index (χ4v) is 2.63. The maximum absolute atomic E-state index is 5.83. The molecule has 136 valence electrons. The molecule has 1 aromatic carbocycles. The lowest BCUT2D eigenvalue weighted by molar-refractivity contribution is 0.195. The fraction of sp³-hybridized carbons (Fsp3) is 0.588. The number of halogens is 1. The lowest BCUT2D eigenvalue weighted by atomic mass is 10.1. The Labute approximate surface area is 161 Å². The number of rotatable bonds is 7. The Kier molecular flexibility index (Phi) is 9.20. The first kappa shape index (κ1) is 20.8. The zero-order valence-corrected chi connectivity index (χ0v) is 17.2. The summed E-state index contributed by atoms with van der Waals surface area (Å²) in [5.74, 6) is 2.60. The summed E-state index contributed by atoms with van der Waals surface area (Å²) in [7, 11) is 5.16. The van der Waals surface area contributed by atoms with Crippen LogP contribution in [0.1, 0.15) is 24.5 Å². The molecule has 24 heavy (non-hydrogen) atoms. The molecule has 6 nitrogen and oxygen atoms in total. The van der Waals surface area contributed by atoms with E-state index in [2.05, 4.69) is 34.7 Å². The van der Waals surface area contributed by atoms with Gasteiger partial charge in [-0.3, -0.25) is 4.99 Å². The molecule has 0 spiro atoms. The molecule has 0 aromatic heterocycles. The van der Waals surface area contributed by atoms with Gasteiger partial charge in [-0.25, -0.2) is 0 Å². The maximum atomic E-state index is 5.83. The van der Waals surface area contributed by atoms with Crippen molar-refractivity contribution in [3.05, 3.63) is 23.3 Å². The van der Waals surface area contributed by atoms with Gasteiger partial charge in [-0.2, -0.15) is 0 Å². The number of aliphatic imine (C=N–C) groups is 1. The largest absolute Gasteiger partial charge is 0.496 e. The molecule has 0 saturated heterocycles. The van der Waals surface area contributed by atoms with Gasteiger partial charge in [0.25, 0.3) is 0 Å². The first-order chi connectivity index (χ1) is 11.2. The summed E-state index contributed by atoms with van der Waals surface area (Å²) in [6.45, 7) is 4.25. The number of hydrogen-bond acceptors (Lipinski definition) is 4. The van der Waals surface area contributed by atoms with Gasteiger partial charge in [0.15, 0.2) is 5.96 Å². The molecule has 2 rings (SSSR count). The van der Waals surface area contributed by atoms with Crippen LogP contribution in [0.15, 0.2) is 17.1 Å². The minimum atomic E-state index is 0. The number of fused-ring (bicyclic) bond motifs is 1. The van der Waals surface area contributed by atoms with Crippen molar-refractivity contribution in [2.24, 2.45) is 4.99 Å². The van der Waals surface area contributed by atoms with Crippen LogP contribution in [0.4, 0.5) is 0 Å². The van der Waals surface area contributed by atoms with E-state index < -0.39 is 0 Å². The normalized spacial score (nSPS) is 16.0. The Balaban J connectivity index is 0.00000288. The van der Waals surface area contributed by atoms with Crippen molar-refractivity contribution in [1.82, 2.24) is 10.6 Å². The van der Waals surface area contributed by atoms with Gasteiger partial charge in [-0.1, -0.05) is 0 Å². The molecule has 1 unspecified atom stereocenters. The van der Waals surface area contributed by atoms with E-state index in [-0.39, 0.29) is 30.1 Å². The minimum Gasteiger partial charge on any atom is -0.496 e. The smallest absolute Gasteiger partial charge is 0.191 e. The molecule has 0 radical (unpaired) electrons. The Hall–Kier alpha value is -1.22. The number of nitrogens with zero attached hydrogens (tertiary/aromatic N) is 1. The van der Waals surface area contributed by atoms with Crippen LogP contribution in [-0.2, 0) is 17.7 Å². The highest BCUT2D eigenvalue weighted by Gasteiger charge is 2.21. The summed E-state index contributed by atoms with van der Waals surface area (Å²) < 4.78 is 16.4. The van der Waals surface area contributed by atoms with Crippen molar-refractivity contribution in [2.75, 3.05) is 34.4 Å². The lowest BCUT2D eigenvalue weighted by Crippen LogP contribution is -2.37. The molecule has 1 aliphatic rings. The average molecular weight is 449 g/mol. The third-order valence-corrected chi connectivity index (χ3v) is 3.79. The highest BCUT2D eigenvalue weighted by molar-refractivity contribution is 14.0. The molecule has 1 aliphatic heterocycles.